The van der Waals surface area contributed by atoms with E-state index in [-0.39, 0.29) is 11.9 Å². The van der Waals surface area contributed by atoms with Gasteiger partial charge in [0.05, 0.1) is 18.8 Å². The first-order valence-electron chi connectivity index (χ1n) is 6.82. The summed E-state index contributed by atoms with van der Waals surface area (Å²) in [5.41, 5.74) is 1.69. The molecule has 1 unspecified atom stereocenters. The second-order valence-electron chi connectivity index (χ2n) is 4.64. The molecule has 3 nitrogen and oxygen atoms in total. The largest absolute Gasteiger partial charge is 0.495 e. The first-order chi connectivity index (χ1) is 10.2. The van der Waals surface area contributed by atoms with E-state index >= 15 is 0 Å². The summed E-state index contributed by atoms with van der Waals surface area (Å²) in [6.07, 6.45) is 2.34. The third-order valence-corrected chi connectivity index (χ3v) is 3.59. The van der Waals surface area contributed by atoms with Gasteiger partial charge in [-0.05, 0) is 42.8 Å². The van der Waals surface area contributed by atoms with Gasteiger partial charge in [-0.3, -0.25) is 4.98 Å². The average Bonchev–Trinajstić information content (AvgIpc) is 2.49. The lowest BCUT2D eigenvalue weighted by atomic mass is 10.0. The molecule has 2 aromatic rings. The Labute approximate surface area is 129 Å². The van der Waals surface area contributed by atoms with Gasteiger partial charge in [0.25, 0.3) is 0 Å². The maximum atomic E-state index is 13.1. The number of pyridine rings is 1. The van der Waals surface area contributed by atoms with Crippen LogP contribution in [-0.2, 0) is 6.42 Å². The minimum atomic E-state index is -0.334. The van der Waals surface area contributed by atoms with Crippen LogP contribution in [0.1, 0.15) is 24.2 Å². The average molecular weight is 309 g/mol. The molecule has 2 rings (SSSR count). The summed E-state index contributed by atoms with van der Waals surface area (Å²) in [4.78, 5) is 4.41. The van der Waals surface area contributed by atoms with Crippen LogP contribution >= 0.6 is 11.6 Å². The van der Waals surface area contributed by atoms with Gasteiger partial charge in [0.15, 0.2) is 0 Å². The third-order valence-electron chi connectivity index (χ3n) is 3.24. The van der Waals surface area contributed by atoms with E-state index in [4.69, 9.17) is 16.3 Å². The number of halogens is 2. The first-order valence-corrected chi connectivity index (χ1v) is 7.19. The lowest BCUT2D eigenvalue weighted by Gasteiger charge is -2.20. The minimum absolute atomic E-state index is 0.0471. The number of nitrogens with zero attached hydrogens (tertiary/aromatic N) is 1. The summed E-state index contributed by atoms with van der Waals surface area (Å²) in [5, 5.41) is 3.79. The van der Waals surface area contributed by atoms with Crippen LogP contribution in [0.25, 0.3) is 0 Å². The van der Waals surface area contributed by atoms with Crippen LogP contribution in [0.5, 0.6) is 5.75 Å². The molecular weight excluding hydrogens is 291 g/mol. The monoisotopic (exact) mass is 308 g/mol. The lowest BCUT2D eigenvalue weighted by molar-refractivity contribution is 0.394. The highest BCUT2D eigenvalue weighted by Crippen LogP contribution is 2.28. The van der Waals surface area contributed by atoms with E-state index in [1.807, 2.05) is 19.1 Å². The molecule has 0 fully saturated rings. The lowest BCUT2D eigenvalue weighted by Crippen LogP contribution is -2.24. The number of hydrogen-bond acceptors (Lipinski definition) is 3. The molecule has 0 aliphatic heterocycles. The topological polar surface area (TPSA) is 34.2 Å². The van der Waals surface area contributed by atoms with Gasteiger partial charge in [-0.2, -0.15) is 0 Å². The van der Waals surface area contributed by atoms with Gasteiger partial charge in [0.2, 0.25) is 0 Å². The van der Waals surface area contributed by atoms with E-state index in [1.165, 1.54) is 12.1 Å². The van der Waals surface area contributed by atoms with Crippen LogP contribution in [0.4, 0.5) is 4.39 Å². The number of aromatic nitrogens is 1. The molecule has 1 atom stereocenters. The van der Waals surface area contributed by atoms with Crippen LogP contribution in [-0.4, -0.2) is 18.6 Å². The Morgan fingerprint density at radius 2 is 2.19 bits per heavy atom. The van der Waals surface area contributed by atoms with Crippen LogP contribution in [0, 0.1) is 5.82 Å². The first kappa shape index (κ1) is 15.7. The highest BCUT2D eigenvalue weighted by atomic mass is 35.5. The van der Waals surface area contributed by atoms with Crippen molar-refractivity contribution in [1.29, 1.82) is 0 Å². The molecule has 1 aromatic carbocycles. The fourth-order valence-corrected chi connectivity index (χ4v) is 2.50. The van der Waals surface area contributed by atoms with Crippen molar-refractivity contribution in [3.63, 3.8) is 0 Å². The van der Waals surface area contributed by atoms with Crippen molar-refractivity contribution in [2.45, 2.75) is 19.4 Å². The van der Waals surface area contributed by atoms with Gasteiger partial charge in [0, 0.05) is 11.2 Å². The Balaban J connectivity index is 2.30. The number of methoxy groups -OCH3 is 1. The fourth-order valence-electron chi connectivity index (χ4n) is 2.26. The summed E-state index contributed by atoms with van der Waals surface area (Å²) in [6, 6.07) is 8.11. The predicted octanol–water partition coefficient (Wildman–Crippen LogP) is 3.78. The van der Waals surface area contributed by atoms with Gasteiger partial charge in [-0.1, -0.05) is 24.6 Å². The second kappa shape index (κ2) is 7.38. The van der Waals surface area contributed by atoms with Crippen molar-refractivity contribution in [3.8, 4) is 5.75 Å². The quantitative estimate of drug-likeness (QED) is 0.882. The molecule has 0 aliphatic carbocycles. The van der Waals surface area contributed by atoms with Crippen molar-refractivity contribution in [2.75, 3.05) is 13.7 Å². The van der Waals surface area contributed by atoms with Crippen LogP contribution < -0.4 is 10.1 Å². The molecule has 0 radical (unpaired) electrons. The van der Waals surface area contributed by atoms with E-state index < -0.39 is 0 Å². The number of benzene rings is 1. The highest BCUT2D eigenvalue weighted by Gasteiger charge is 2.18. The standard InChI is InChI=1S/C16H18ClFN2O/c1-3-19-14(16-15(21-2)5-4-8-20-16)9-11-6-7-12(18)10-13(11)17/h4-8,10,14,19H,3,9H2,1-2H3. The maximum absolute atomic E-state index is 13.1. The number of ether oxygens (including phenoxy) is 1. The zero-order valence-corrected chi connectivity index (χ0v) is 12.8. The molecular formula is C16H18ClFN2O. The SMILES string of the molecule is CCNC(Cc1ccc(F)cc1Cl)c1ncccc1OC. The van der Waals surface area contributed by atoms with Gasteiger partial charge >= 0.3 is 0 Å². The summed E-state index contributed by atoms with van der Waals surface area (Å²) >= 11 is 6.12. The van der Waals surface area contributed by atoms with E-state index in [0.717, 1.165) is 23.6 Å². The molecule has 0 aliphatic rings. The summed E-state index contributed by atoms with van der Waals surface area (Å²) in [5.74, 6) is 0.390. The minimum Gasteiger partial charge on any atom is -0.495 e. The Hall–Kier alpha value is -1.65. The Bertz CT molecular complexity index is 607. The predicted molar refractivity (Wildman–Crippen MR) is 82.3 cm³/mol. The Morgan fingerprint density at radius 3 is 2.86 bits per heavy atom. The fraction of sp³-hybridized carbons (Fsp3) is 0.312. The molecule has 1 aromatic heterocycles. The Morgan fingerprint density at radius 1 is 1.38 bits per heavy atom. The van der Waals surface area contributed by atoms with Gasteiger partial charge < -0.3 is 10.1 Å². The maximum Gasteiger partial charge on any atom is 0.141 e. The van der Waals surface area contributed by atoms with E-state index in [9.17, 15) is 4.39 Å². The molecule has 21 heavy (non-hydrogen) atoms. The molecule has 0 spiro atoms. The van der Waals surface area contributed by atoms with Crippen LogP contribution in [0.3, 0.4) is 0 Å². The molecule has 0 saturated carbocycles. The van der Waals surface area contributed by atoms with Crippen LogP contribution in [0.15, 0.2) is 36.5 Å². The van der Waals surface area contributed by atoms with Gasteiger partial charge in [0.1, 0.15) is 11.6 Å². The zero-order chi connectivity index (χ0) is 15.2. The normalized spacial score (nSPS) is 12.2. The van der Waals surface area contributed by atoms with Crippen molar-refractivity contribution >= 4 is 11.6 Å². The zero-order valence-electron chi connectivity index (χ0n) is 12.1. The number of likely N-dealkylation sites (N-methyl/N-ethyl adjacent to an activating group) is 1. The van der Waals surface area contributed by atoms with Crippen LogP contribution in [0.2, 0.25) is 5.02 Å². The van der Waals surface area contributed by atoms with E-state index in [1.54, 1.807) is 19.4 Å². The van der Waals surface area contributed by atoms with E-state index in [2.05, 4.69) is 10.3 Å². The van der Waals surface area contributed by atoms with Crippen molar-refractivity contribution in [3.05, 3.63) is 58.6 Å². The molecule has 5 heteroatoms. The van der Waals surface area contributed by atoms with Crippen molar-refractivity contribution < 1.29 is 9.13 Å². The summed E-state index contributed by atoms with van der Waals surface area (Å²) in [6.45, 7) is 2.80. The smallest absolute Gasteiger partial charge is 0.141 e. The molecule has 1 N–H and O–H groups in total. The van der Waals surface area contributed by atoms with Gasteiger partial charge in [-0.15, -0.1) is 0 Å². The number of hydrogen-bond donors (Lipinski definition) is 1. The second-order valence-corrected chi connectivity index (χ2v) is 5.05. The summed E-state index contributed by atoms with van der Waals surface area (Å²) < 4.78 is 18.5. The summed E-state index contributed by atoms with van der Waals surface area (Å²) in [7, 11) is 1.62. The molecule has 0 amide bonds. The number of nitrogens with one attached hydrogen (secondary N) is 1. The van der Waals surface area contributed by atoms with E-state index in [0.29, 0.717) is 11.4 Å². The Kier molecular flexibility index (Phi) is 5.53. The number of rotatable bonds is 6. The highest BCUT2D eigenvalue weighted by molar-refractivity contribution is 6.31. The molecule has 112 valence electrons. The molecule has 1 heterocycles. The van der Waals surface area contributed by atoms with Gasteiger partial charge in [-0.25, -0.2) is 4.39 Å². The molecule has 0 bridgehead atoms. The third kappa shape index (κ3) is 3.93. The molecule has 0 saturated heterocycles. The van der Waals surface area contributed by atoms with Crippen molar-refractivity contribution in [2.24, 2.45) is 0 Å². The van der Waals surface area contributed by atoms with Crippen molar-refractivity contribution in [1.82, 2.24) is 10.3 Å².